The number of anilines is 1. The van der Waals surface area contributed by atoms with Crippen LogP contribution in [0.1, 0.15) is 28.9 Å². The molecule has 1 atom stereocenters. The Hall–Kier alpha value is -2.40. The number of rotatable bonds is 3. The summed E-state index contributed by atoms with van der Waals surface area (Å²) in [5.41, 5.74) is 8.20. The molecule has 21 heavy (non-hydrogen) atoms. The fourth-order valence-corrected chi connectivity index (χ4v) is 2.96. The first-order valence-electron chi connectivity index (χ1n) is 6.65. The van der Waals surface area contributed by atoms with Crippen molar-refractivity contribution < 1.29 is 4.79 Å². The summed E-state index contributed by atoms with van der Waals surface area (Å²) in [4.78, 5) is 16.5. The van der Waals surface area contributed by atoms with Crippen LogP contribution in [0.2, 0.25) is 0 Å². The van der Waals surface area contributed by atoms with E-state index in [0.29, 0.717) is 10.7 Å². The molecule has 0 spiro atoms. The third-order valence-electron chi connectivity index (χ3n) is 3.31. The number of fused-ring (bicyclic) bond motifs is 1. The number of nitrogens with zero attached hydrogens (tertiary/aromatic N) is 1. The normalized spacial score (nSPS) is 12.2. The van der Waals surface area contributed by atoms with Gasteiger partial charge >= 0.3 is 0 Å². The van der Waals surface area contributed by atoms with Crippen LogP contribution in [0.25, 0.3) is 10.2 Å². The van der Waals surface area contributed by atoms with Crippen molar-refractivity contribution in [2.24, 2.45) is 0 Å². The average molecular weight is 297 g/mol. The zero-order chi connectivity index (χ0) is 14.8. The molecule has 0 fully saturated rings. The lowest BCUT2D eigenvalue weighted by Gasteiger charge is -2.14. The van der Waals surface area contributed by atoms with Gasteiger partial charge in [0.15, 0.2) is 5.13 Å². The predicted octanol–water partition coefficient (Wildman–Crippen LogP) is 3.37. The van der Waals surface area contributed by atoms with Gasteiger partial charge in [0.2, 0.25) is 0 Å². The van der Waals surface area contributed by atoms with Gasteiger partial charge in [-0.2, -0.15) is 0 Å². The van der Waals surface area contributed by atoms with Crippen LogP contribution in [0.15, 0.2) is 48.5 Å². The van der Waals surface area contributed by atoms with E-state index in [9.17, 15) is 4.79 Å². The van der Waals surface area contributed by atoms with Crippen LogP contribution < -0.4 is 11.1 Å². The lowest BCUT2D eigenvalue weighted by Crippen LogP contribution is -2.26. The molecule has 106 valence electrons. The van der Waals surface area contributed by atoms with Gasteiger partial charge in [-0.15, -0.1) is 0 Å². The fourth-order valence-electron chi connectivity index (χ4n) is 2.19. The molecule has 0 bridgehead atoms. The molecule has 0 aliphatic carbocycles. The van der Waals surface area contributed by atoms with E-state index in [1.54, 1.807) is 6.07 Å². The molecular formula is C16H15N3OS. The Morgan fingerprint density at radius 2 is 2.00 bits per heavy atom. The zero-order valence-electron chi connectivity index (χ0n) is 11.5. The second-order valence-corrected chi connectivity index (χ2v) is 5.90. The molecule has 2 aromatic carbocycles. The van der Waals surface area contributed by atoms with E-state index in [1.165, 1.54) is 11.3 Å². The summed E-state index contributed by atoms with van der Waals surface area (Å²) in [5.74, 6) is -0.0970. The molecule has 0 radical (unpaired) electrons. The van der Waals surface area contributed by atoms with E-state index in [0.717, 1.165) is 15.8 Å². The molecule has 1 heterocycles. The molecule has 3 aromatic rings. The fraction of sp³-hybridized carbons (Fsp3) is 0.125. The van der Waals surface area contributed by atoms with Gasteiger partial charge in [0.25, 0.3) is 5.91 Å². The predicted molar refractivity (Wildman–Crippen MR) is 86.4 cm³/mol. The van der Waals surface area contributed by atoms with Crippen LogP contribution >= 0.6 is 11.3 Å². The van der Waals surface area contributed by atoms with Crippen LogP contribution in [-0.4, -0.2) is 10.9 Å². The lowest BCUT2D eigenvalue weighted by molar-refractivity contribution is 0.0940. The molecule has 1 amide bonds. The van der Waals surface area contributed by atoms with E-state index in [4.69, 9.17) is 5.73 Å². The molecule has 3 rings (SSSR count). The third kappa shape index (κ3) is 2.87. The number of hydrogen-bond acceptors (Lipinski definition) is 4. The van der Waals surface area contributed by atoms with E-state index < -0.39 is 0 Å². The monoisotopic (exact) mass is 297 g/mol. The van der Waals surface area contributed by atoms with E-state index >= 15 is 0 Å². The Morgan fingerprint density at radius 3 is 2.76 bits per heavy atom. The maximum atomic E-state index is 12.3. The van der Waals surface area contributed by atoms with E-state index in [2.05, 4.69) is 10.3 Å². The standard InChI is InChI=1S/C16H15N3OS/c1-10(11-5-3-2-4-6-11)18-15(20)12-7-8-13-14(9-12)21-16(17)19-13/h2-10H,1H3,(H2,17,19)(H,18,20). The van der Waals surface area contributed by atoms with Gasteiger partial charge in [0.1, 0.15) is 0 Å². The number of thiazole rings is 1. The smallest absolute Gasteiger partial charge is 0.251 e. The first-order valence-corrected chi connectivity index (χ1v) is 7.47. The van der Waals surface area contributed by atoms with Crippen molar-refractivity contribution >= 4 is 32.6 Å². The van der Waals surface area contributed by atoms with Crippen LogP contribution in [0.3, 0.4) is 0 Å². The molecule has 0 saturated carbocycles. The quantitative estimate of drug-likeness (QED) is 0.779. The SMILES string of the molecule is CC(NC(=O)c1ccc2nc(N)sc2c1)c1ccccc1. The summed E-state index contributed by atoms with van der Waals surface area (Å²) < 4.78 is 0.924. The number of hydrogen-bond donors (Lipinski definition) is 2. The molecular weight excluding hydrogens is 282 g/mol. The van der Waals surface area contributed by atoms with Crippen molar-refractivity contribution in [3.63, 3.8) is 0 Å². The first kappa shape index (κ1) is 13.6. The van der Waals surface area contributed by atoms with Crippen molar-refractivity contribution in [2.75, 3.05) is 5.73 Å². The average Bonchev–Trinajstić information content (AvgIpc) is 2.87. The maximum absolute atomic E-state index is 12.3. The summed E-state index contributed by atoms with van der Waals surface area (Å²) in [6.07, 6.45) is 0. The van der Waals surface area contributed by atoms with Gasteiger partial charge in [-0.05, 0) is 30.7 Å². The van der Waals surface area contributed by atoms with E-state index in [1.807, 2.05) is 49.4 Å². The van der Waals surface area contributed by atoms with Gasteiger partial charge < -0.3 is 11.1 Å². The Kier molecular flexibility index (Phi) is 3.58. The summed E-state index contributed by atoms with van der Waals surface area (Å²) in [6, 6.07) is 15.3. The van der Waals surface area contributed by atoms with Crippen molar-refractivity contribution in [2.45, 2.75) is 13.0 Å². The van der Waals surface area contributed by atoms with Crippen LogP contribution in [-0.2, 0) is 0 Å². The number of nitrogens with two attached hydrogens (primary N) is 1. The highest BCUT2D eigenvalue weighted by Crippen LogP contribution is 2.24. The van der Waals surface area contributed by atoms with Crippen molar-refractivity contribution in [3.05, 3.63) is 59.7 Å². The van der Waals surface area contributed by atoms with Crippen molar-refractivity contribution in [1.82, 2.24) is 10.3 Å². The Bertz CT molecular complexity index is 783. The number of carbonyl (C=O) groups excluding carboxylic acids is 1. The Morgan fingerprint density at radius 1 is 1.24 bits per heavy atom. The number of nitrogens with one attached hydrogen (secondary N) is 1. The largest absolute Gasteiger partial charge is 0.375 e. The number of amides is 1. The van der Waals surface area contributed by atoms with Gasteiger partial charge in [-0.1, -0.05) is 41.7 Å². The maximum Gasteiger partial charge on any atom is 0.251 e. The Labute approximate surface area is 126 Å². The molecule has 0 aliphatic heterocycles. The van der Waals surface area contributed by atoms with Crippen molar-refractivity contribution in [1.29, 1.82) is 0 Å². The minimum absolute atomic E-state index is 0.0408. The third-order valence-corrected chi connectivity index (χ3v) is 4.16. The highest BCUT2D eigenvalue weighted by Gasteiger charge is 2.12. The van der Waals surface area contributed by atoms with Crippen LogP contribution in [0.4, 0.5) is 5.13 Å². The summed E-state index contributed by atoms with van der Waals surface area (Å²) in [7, 11) is 0. The van der Waals surface area contributed by atoms with Gasteiger partial charge in [0.05, 0.1) is 16.3 Å². The summed E-state index contributed by atoms with van der Waals surface area (Å²) in [6.45, 7) is 1.97. The highest BCUT2D eigenvalue weighted by molar-refractivity contribution is 7.22. The zero-order valence-corrected chi connectivity index (χ0v) is 12.4. The first-order chi connectivity index (χ1) is 10.1. The second kappa shape index (κ2) is 5.54. The number of benzene rings is 2. The molecule has 3 N–H and O–H groups in total. The molecule has 0 saturated heterocycles. The Balaban J connectivity index is 1.80. The molecule has 0 aliphatic rings. The molecule has 4 nitrogen and oxygen atoms in total. The lowest BCUT2D eigenvalue weighted by atomic mass is 10.1. The summed E-state index contributed by atoms with van der Waals surface area (Å²) in [5, 5.41) is 3.51. The number of nitrogen functional groups attached to an aromatic ring is 1. The van der Waals surface area contributed by atoms with Crippen molar-refractivity contribution in [3.8, 4) is 0 Å². The minimum atomic E-state index is -0.0970. The summed E-state index contributed by atoms with van der Waals surface area (Å²) >= 11 is 1.39. The van der Waals surface area contributed by atoms with E-state index in [-0.39, 0.29) is 11.9 Å². The number of aromatic nitrogens is 1. The second-order valence-electron chi connectivity index (χ2n) is 4.84. The molecule has 1 aromatic heterocycles. The van der Waals surface area contributed by atoms with Gasteiger partial charge in [-0.25, -0.2) is 4.98 Å². The highest BCUT2D eigenvalue weighted by atomic mass is 32.1. The van der Waals surface area contributed by atoms with Gasteiger partial charge in [0, 0.05) is 5.56 Å². The molecule has 5 heteroatoms. The minimum Gasteiger partial charge on any atom is -0.375 e. The van der Waals surface area contributed by atoms with Gasteiger partial charge in [-0.3, -0.25) is 4.79 Å². The molecule has 1 unspecified atom stereocenters. The topological polar surface area (TPSA) is 68.0 Å². The van der Waals surface area contributed by atoms with Crippen LogP contribution in [0, 0.1) is 0 Å². The number of carbonyl (C=O) groups is 1. The van der Waals surface area contributed by atoms with Crippen LogP contribution in [0.5, 0.6) is 0 Å².